The second kappa shape index (κ2) is 7.76. The van der Waals surface area contributed by atoms with Crippen LogP contribution >= 0.6 is 11.3 Å². The van der Waals surface area contributed by atoms with Crippen molar-refractivity contribution < 1.29 is 14.3 Å². The lowest BCUT2D eigenvalue weighted by Crippen LogP contribution is -2.19. The highest BCUT2D eigenvalue weighted by Crippen LogP contribution is 2.22. The number of fused-ring (bicyclic) bond motifs is 1. The van der Waals surface area contributed by atoms with Gasteiger partial charge in [0, 0.05) is 12.1 Å². The highest BCUT2D eigenvalue weighted by molar-refractivity contribution is 7.18. The lowest BCUT2D eigenvalue weighted by Gasteiger charge is -2.05. The number of aromatic nitrogens is 1. The maximum Gasteiger partial charge on any atom is 0.338 e. The number of hydrogen-bond donors (Lipinski definition) is 2. The third-order valence-electron chi connectivity index (χ3n) is 3.49. The SMILES string of the molecule is NC(=O)Nc1ccc(C(=O)OCCCc2nc3ccccc3s2)cc1. The number of rotatable bonds is 6. The molecule has 0 fully saturated rings. The second-order valence-electron chi connectivity index (χ2n) is 5.38. The van der Waals surface area contributed by atoms with Crippen molar-refractivity contribution in [1.82, 2.24) is 4.98 Å². The molecular weight excluding hydrogens is 338 g/mol. The maximum atomic E-state index is 12.0. The molecule has 0 spiro atoms. The fourth-order valence-corrected chi connectivity index (χ4v) is 3.34. The second-order valence-corrected chi connectivity index (χ2v) is 6.50. The average Bonchev–Trinajstić information content (AvgIpc) is 3.01. The third-order valence-corrected chi connectivity index (χ3v) is 4.59. The van der Waals surface area contributed by atoms with Gasteiger partial charge in [-0.1, -0.05) is 12.1 Å². The van der Waals surface area contributed by atoms with Crippen LogP contribution in [0.5, 0.6) is 0 Å². The van der Waals surface area contributed by atoms with E-state index >= 15 is 0 Å². The number of urea groups is 1. The molecule has 0 unspecified atom stereocenters. The Hall–Kier alpha value is -2.93. The van der Waals surface area contributed by atoms with Crippen molar-refractivity contribution in [3.63, 3.8) is 0 Å². The Bertz CT molecular complexity index is 857. The molecule has 0 aliphatic rings. The van der Waals surface area contributed by atoms with Gasteiger partial charge in [-0.25, -0.2) is 14.6 Å². The molecule has 1 aromatic heterocycles. The number of nitrogens with two attached hydrogens (primary N) is 1. The first kappa shape index (κ1) is 16.9. The van der Waals surface area contributed by atoms with Gasteiger partial charge in [0.25, 0.3) is 0 Å². The molecule has 0 bridgehead atoms. The monoisotopic (exact) mass is 355 g/mol. The number of nitrogens with one attached hydrogen (secondary N) is 1. The van der Waals surface area contributed by atoms with Crippen LogP contribution in [0.3, 0.4) is 0 Å². The largest absolute Gasteiger partial charge is 0.462 e. The Kier molecular flexibility index (Phi) is 5.25. The summed E-state index contributed by atoms with van der Waals surface area (Å²) < 4.78 is 6.44. The van der Waals surface area contributed by atoms with Gasteiger partial charge in [0.2, 0.25) is 0 Å². The number of hydrogen-bond acceptors (Lipinski definition) is 5. The Morgan fingerprint density at radius 2 is 1.88 bits per heavy atom. The normalized spacial score (nSPS) is 10.6. The van der Waals surface area contributed by atoms with E-state index in [1.54, 1.807) is 35.6 Å². The van der Waals surface area contributed by atoms with E-state index < -0.39 is 12.0 Å². The number of anilines is 1. The van der Waals surface area contributed by atoms with Crippen molar-refractivity contribution in [1.29, 1.82) is 0 Å². The molecule has 7 heteroatoms. The summed E-state index contributed by atoms with van der Waals surface area (Å²) in [7, 11) is 0. The summed E-state index contributed by atoms with van der Waals surface area (Å²) in [5.41, 5.74) is 6.99. The van der Waals surface area contributed by atoms with Crippen LogP contribution in [-0.4, -0.2) is 23.6 Å². The van der Waals surface area contributed by atoms with Gasteiger partial charge in [0.05, 0.1) is 27.4 Å². The zero-order chi connectivity index (χ0) is 17.6. The molecule has 0 aliphatic heterocycles. The summed E-state index contributed by atoms with van der Waals surface area (Å²) in [5.74, 6) is -0.394. The molecular formula is C18H17N3O3S. The quantitative estimate of drug-likeness (QED) is 0.522. The Morgan fingerprint density at radius 3 is 2.60 bits per heavy atom. The first-order valence-electron chi connectivity index (χ1n) is 7.80. The number of ether oxygens (including phenoxy) is 1. The molecule has 0 saturated carbocycles. The Morgan fingerprint density at radius 1 is 1.12 bits per heavy atom. The molecule has 3 N–H and O–H groups in total. The number of aryl methyl sites for hydroxylation is 1. The summed E-state index contributed by atoms with van der Waals surface area (Å²) >= 11 is 1.66. The molecule has 6 nitrogen and oxygen atoms in total. The number of carbonyl (C=O) groups excluding carboxylic acids is 2. The number of esters is 1. The Labute approximate surface area is 148 Å². The summed E-state index contributed by atoms with van der Waals surface area (Å²) in [6.07, 6.45) is 1.49. The zero-order valence-electron chi connectivity index (χ0n) is 13.4. The number of para-hydroxylation sites is 1. The first-order valence-corrected chi connectivity index (χ1v) is 8.61. The van der Waals surface area contributed by atoms with Crippen molar-refractivity contribution in [3.8, 4) is 0 Å². The van der Waals surface area contributed by atoms with Crippen LogP contribution in [0.1, 0.15) is 21.8 Å². The fraction of sp³-hybridized carbons (Fsp3) is 0.167. The number of carbonyl (C=O) groups is 2. The topological polar surface area (TPSA) is 94.3 Å². The van der Waals surface area contributed by atoms with E-state index in [4.69, 9.17) is 10.5 Å². The first-order chi connectivity index (χ1) is 12.1. The molecule has 3 aromatic rings. The zero-order valence-corrected chi connectivity index (χ0v) is 14.2. The van der Waals surface area contributed by atoms with Crippen LogP contribution in [0.25, 0.3) is 10.2 Å². The molecule has 0 radical (unpaired) electrons. The summed E-state index contributed by atoms with van der Waals surface area (Å²) in [6, 6.07) is 13.7. The van der Waals surface area contributed by atoms with Gasteiger partial charge in [-0.15, -0.1) is 11.3 Å². The van der Waals surface area contributed by atoms with E-state index in [1.807, 2.05) is 24.3 Å². The molecule has 1 heterocycles. The van der Waals surface area contributed by atoms with E-state index in [0.29, 0.717) is 24.3 Å². The van der Waals surface area contributed by atoms with Crippen LogP contribution < -0.4 is 11.1 Å². The summed E-state index contributed by atoms with van der Waals surface area (Å²) in [4.78, 5) is 27.3. The van der Waals surface area contributed by atoms with Gasteiger partial charge in [-0.3, -0.25) is 0 Å². The van der Waals surface area contributed by atoms with E-state index in [0.717, 1.165) is 16.9 Å². The van der Waals surface area contributed by atoms with Gasteiger partial charge in [-0.05, 0) is 42.8 Å². The number of nitrogens with zero attached hydrogens (tertiary/aromatic N) is 1. The highest BCUT2D eigenvalue weighted by Gasteiger charge is 2.08. The van der Waals surface area contributed by atoms with Gasteiger partial charge < -0.3 is 15.8 Å². The molecule has 2 amide bonds. The third kappa shape index (κ3) is 4.54. The van der Waals surface area contributed by atoms with Crippen molar-refractivity contribution in [2.45, 2.75) is 12.8 Å². The minimum atomic E-state index is -0.648. The van der Waals surface area contributed by atoms with E-state index in [-0.39, 0.29) is 0 Å². The molecule has 128 valence electrons. The number of primary amides is 1. The van der Waals surface area contributed by atoms with Crippen molar-refractivity contribution in [3.05, 3.63) is 59.1 Å². The van der Waals surface area contributed by atoms with Crippen molar-refractivity contribution in [2.75, 3.05) is 11.9 Å². The molecule has 25 heavy (non-hydrogen) atoms. The standard InChI is InChI=1S/C18H17N3O3S/c19-18(23)20-13-9-7-12(8-10-13)17(22)24-11-3-6-16-21-14-4-1-2-5-15(14)25-16/h1-2,4-5,7-10H,3,6,11H2,(H3,19,20,23). The van der Waals surface area contributed by atoms with Crippen molar-refractivity contribution >= 4 is 39.2 Å². The molecule has 3 rings (SSSR count). The van der Waals surface area contributed by atoms with Gasteiger partial charge in [0.15, 0.2) is 0 Å². The van der Waals surface area contributed by atoms with Gasteiger partial charge >= 0.3 is 12.0 Å². The molecule has 2 aromatic carbocycles. The highest BCUT2D eigenvalue weighted by atomic mass is 32.1. The smallest absolute Gasteiger partial charge is 0.338 e. The summed E-state index contributed by atoms with van der Waals surface area (Å²) in [5, 5.41) is 3.47. The van der Waals surface area contributed by atoms with E-state index in [9.17, 15) is 9.59 Å². The van der Waals surface area contributed by atoms with E-state index in [2.05, 4.69) is 10.3 Å². The number of benzene rings is 2. The van der Waals surface area contributed by atoms with Crippen LogP contribution in [-0.2, 0) is 11.2 Å². The maximum absolute atomic E-state index is 12.0. The van der Waals surface area contributed by atoms with Gasteiger partial charge in [0.1, 0.15) is 0 Å². The fourth-order valence-electron chi connectivity index (χ4n) is 2.33. The minimum Gasteiger partial charge on any atom is -0.462 e. The van der Waals surface area contributed by atoms with Crippen LogP contribution in [0.15, 0.2) is 48.5 Å². The van der Waals surface area contributed by atoms with Crippen LogP contribution in [0.4, 0.5) is 10.5 Å². The number of thiazole rings is 1. The average molecular weight is 355 g/mol. The van der Waals surface area contributed by atoms with Crippen molar-refractivity contribution in [2.24, 2.45) is 5.73 Å². The molecule has 0 atom stereocenters. The molecule has 0 aliphatic carbocycles. The molecule has 0 saturated heterocycles. The lowest BCUT2D eigenvalue weighted by molar-refractivity contribution is 0.0500. The van der Waals surface area contributed by atoms with E-state index in [1.165, 1.54) is 4.70 Å². The van der Waals surface area contributed by atoms with Gasteiger partial charge in [-0.2, -0.15) is 0 Å². The van der Waals surface area contributed by atoms with Crippen LogP contribution in [0.2, 0.25) is 0 Å². The minimum absolute atomic E-state index is 0.329. The Balaban J connectivity index is 1.46. The summed E-state index contributed by atoms with van der Waals surface area (Å²) in [6.45, 7) is 0.329. The number of amides is 2. The van der Waals surface area contributed by atoms with Crippen LogP contribution in [0, 0.1) is 0 Å². The predicted molar refractivity (Wildman–Crippen MR) is 97.9 cm³/mol. The lowest BCUT2D eigenvalue weighted by atomic mass is 10.2. The predicted octanol–water partition coefficient (Wildman–Crippen LogP) is 3.58.